The molecule has 0 N–H and O–H groups in total. The summed E-state index contributed by atoms with van der Waals surface area (Å²) in [7, 11) is 0. The summed E-state index contributed by atoms with van der Waals surface area (Å²) in [4.78, 5) is 15.6. The van der Waals surface area contributed by atoms with Crippen LogP contribution in [0.4, 0.5) is 0 Å². The van der Waals surface area contributed by atoms with E-state index in [0.29, 0.717) is 17.6 Å². The molecule has 0 aliphatic carbocycles. The van der Waals surface area contributed by atoms with Gasteiger partial charge in [0, 0.05) is 38.4 Å². The van der Waals surface area contributed by atoms with E-state index >= 15 is 0 Å². The van der Waals surface area contributed by atoms with E-state index < -0.39 is 0 Å². The maximum atomic E-state index is 5.26. The zero-order chi connectivity index (χ0) is 35.8. The molecule has 3 aromatic heterocycles. The first-order valence-corrected chi connectivity index (χ1v) is 18.1. The average molecular weight is 676 g/mol. The molecule has 0 atom stereocenters. The normalized spacial score (nSPS) is 12.4. The van der Waals surface area contributed by atoms with E-state index in [1.54, 1.807) is 0 Å². The van der Waals surface area contributed by atoms with Crippen molar-refractivity contribution in [3.8, 4) is 34.4 Å². The second kappa shape index (κ2) is 11.7. The van der Waals surface area contributed by atoms with Crippen LogP contribution in [0.15, 0.2) is 140 Å². The summed E-state index contributed by atoms with van der Waals surface area (Å²) in [6, 6.07) is 49.8. The Labute approximate surface area is 304 Å². The summed E-state index contributed by atoms with van der Waals surface area (Å²) in [6.07, 6.45) is 0. The number of benzene rings is 6. The lowest BCUT2D eigenvalue weighted by molar-refractivity contribution is 0.590. The van der Waals surface area contributed by atoms with Crippen molar-refractivity contribution < 1.29 is 0 Å². The molecule has 0 saturated carbocycles. The molecule has 0 saturated heterocycles. The lowest BCUT2D eigenvalue weighted by atomic mass is 9.86. The van der Waals surface area contributed by atoms with E-state index in [1.165, 1.54) is 38.3 Å². The highest BCUT2D eigenvalue weighted by atomic mass is 15.2. The molecule has 3 heterocycles. The van der Waals surface area contributed by atoms with Gasteiger partial charge in [0.2, 0.25) is 5.95 Å². The molecule has 0 aliphatic heterocycles. The molecule has 52 heavy (non-hydrogen) atoms. The second-order valence-corrected chi connectivity index (χ2v) is 15.8. The van der Waals surface area contributed by atoms with Crippen molar-refractivity contribution in [2.75, 3.05) is 0 Å². The summed E-state index contributed by atoms with van der Waals surface area (Å²) in [5.41, 5.74) is 10.1. The van der Waals surface area contributed by atoms with Crippen molar-refractivity contribution in [3.05, 3.63) is 151 Å². The number of hydrogen-bond acceptors (Lipinski definition) is 3. The first kappa shape index (κ1) is 31.9. The lowest BCUT2D eigenvalue weighted by Crippen LogP contribution is -2.11. The van der Waals surface area contributed by atoms with Crippen molar-refractivity contribution in [3.63, 3.8) is 0 Å². The Morgan fingerprint density at radius 3 is 1.46 bits per heavy atom. The first-order chi connectivity index (χ1) is 25.1. The number of hydrogen-bond donors (Lipinski definition) is 0. The topological polar surface area (TPSA) is 48.5 Å². The van der Waals surface area contributed by atoms with Crippen molar-refractivity contribution in [1.82, 2.24) is 24.1 Å². The molecule has 6 aromatic carbocycles. The Hall–Kier alpha value is -6.07. The Morgan fingerprint density at radius 2 is 0.904 bits per heavy atom. The summed E-state index contributed by atoms with van der Waals surface area (Å²) in [5.74, 6) is 1.88. The van der Waals surface area contributed by atoms with E-state index in [-0.39, 0.29) is 10.8 Å². The fourth-order valence-electron chi connectivity index (χ4n) is 7.53. The molecule has 0 fully saturated rings. The standard InChI is InChI=1S/C47H41N5/c1-46(2,3)32-24-20-30(21-25-32)43-48-44(31-22-26-33(27-23-31)47(4,5)6)50-45(49-43)52-39-19-13-11-17-37(39)41-40(52)29-28-36-35-16-10-12-18-38(35)51(42(36)41)34-14-8-7-9-15-34/h7-29H,1-6H3. The largest absolute Gasteiger partial charge is 0.309 e. The van der Waals surface area contributed by atoms with Crippen LogP contribution < -0.4 is 0 Å². The van der Waals surface area contributed by atoms with Crippen LogP contribution in [0, 0.1) is 0 Å². The third-order valence-corrected chi connectivity index (χ3v) is 10.3. The lowest BCUT2D eigenvalue weighted by Gasteiger charge is -2.19. The molecule has 5 heteroatoms. The third-order valence-electron chi connectivity index (χ3n) is 10.3. The zero-order valence-electron chi connectivity index (χ0n) is 30.5. The van der Waals surface area contributed by atoms with Gasteiger partial charge in [-0.2, -0.15) is 9.97 Å². The van der Waals surface area contributed by atoms with E-state index in [2.05, 4.69) is 190 Å². The van der Waals surface area contributed by atoms with Gasteiger partial charge in [0.15, 0.2) is 11.6 Å². The van der Waals surface area contributed by atoms with Crippen LogP contribution in [0.25, 0.3) is 78.0 Å². The molecule has 9 rings (SSSR count). The number of nitrogens with zero attached hydrogens (tertiary/aromatic N) is 5. The maximum Gasteiger partial charge on any atom is 0.238 e. The van der Waals surface area contributed by atoms with Gasteiger partial charge in [-0.1, -0.05) is 151 Å². The first-order valence-electron chi connectivity index (χ1n) is 18.1. The Morgan fingerprint density at radius 1 is 0.404 bits per heavy atom. The van der Waals surface area contributed by atoms with E-state index in [9.17, 15) is 0 Å². The van der Waals surface area contributed by atoms with Crippen LogP contribution >= 0.6 is 0 Å². The predicted molar refractivity (Wildman–Crippen MR) is 217 cm³/mol. The average Bonchev–Trinajstić information content (AvgIpc) is 3.67. The van der Waals surface area contributed by atoms with E-state index in [1.807, 2.05) is 0 Å². The van der Waals surface area contributed by atoms with Crippen LogP contribution in [0.5, 0.6) is 0 Å². The van der Waals surface area contributed by atoms with Crippen molar-refractivity contribution >= 4 is 43.6 Å². The van der Waals surface area contributed by atoms with E-state index in [0.717, 1.165) is 33.2 Å². The number of rotatable bonds is 4. The summed E-state index contributed by atoms with van der Waals surface area (Å²) in [6.45, 7) is 13.4. The van der Waals surface area contributed by atoms with Gasteiger partial charge in [-0.3, -0.25) is 4.57 Å². The van der Waals surface area contributed by atoms with Gasteiger partial charge in [0.05, 0.1) is 22.1 Å². The zero-order valence-corrected chi connectivity index (χ0v) is 30.5. The smallest absolute Gasteiger partial charge is 0.238 e. The molecule has 0 radical (unpaired) electrons. The van der Waals surface area contributed by atoms with Crippen LogP contribution in [0.1, 0.15) is 52.7 Å². The number of fused-ring (bicyclic) bond motifs is 7. The molecule has 5 nitrogen and oxygen atoms in total. The molecule has 0 bridgehead atoms. The summed E-state index contributed by atoms with van der Waals surface area (Å²) >= 11 is 0. The molecule has 0 spiro atoms. The third kappa shape index (κ3) is 5.19. The van der Waals surface area contributed by atoms with Gasteiger partial charge in [-0.25, -0.2) is 4.98 Å². The molecular weight excluding hydrogens is 635 g/mol. The predicted octanol–water partition coefficient (Wildman–Crippen LogP) is 12.0. The minimum absolute atomic E-state index is 0.0409. The maximum absolute atomic E-state index is 5.26. The number of aromatic nitrogens is 5. The molecule has 0 aliphatic rings. The minimum atomic E-state index is 0.0409. The van der Waals surface area contributed by atoms with E-state index in [4.69, 9.17) is 15.0 Å². The fourth-order valence-corrected chi connectivity index (χ4v) is 7.53. The highest BCUT2D eigenvalue weighted by Gasteiger charge is 2.23. The quantitative estimate of drug-likeness (QED) is 0.187. The van der Waals surface area contributed by atoms with Gasteiger partial charge >= 0.3 is 0 Å². The summed E-state index contributed by atoms with van der Waals surface area (Å²) < 4.78 is 4.63. The van der Waals surface area contributed by atoms with Crippen LogP contribution in [0.3, 0.4) is 0 Å². The molecule has 254 valence electrons. The molecular formula is C47H41N5. The van der Waals surface area contributed by atoms with Crippen molar-refractivity contribution in [2.45, 2.75) is 52.4 Å². The second-order valence-electron chi connectivity index (χ2n) is 15.8. The van der Waals surface area contributed by atoms with Gasteiger partial charge in [-0.15, -0.1) is 0 Å². The van der Waals surface area contributed by atoms with Gasteiger partial charge in [0.1, 0.15) is 0 Å². The molecule has 0 amide bonds. The van der Waals surface area contributed by atoms with Crippen LogP contribution in [-0.2, 0) is 10.8 Å². The molecule has 9 aromatic rings. The van der Waals surface area contributed by atoms with Crippen molar-refractivity contribution in [1.29, 1.82) is 0 Å². The molecule has 0 unspecified atom stereocenters. The van der Waals surface area contributed by atoms with Gasteiger partial charge < -0.3 is 4.57 Å². The van der Waals surface area contributed by atoms with Gasteiger partial charge in [0.25, 0.3) is 0 Å². The minimum Gasteiger partial charge on any atom is -0.309 e. The Kier molecular flexibility index (Phi) is 7.20. The highest BCUT2D eigenvalue weighted by Crippen LogP contribution is 2.42. The summed E-state index contributed by atoms with van der Waals surface area (Å²) in [5, 5.41) is 4.75. The number of para-hydroxylation sites is 3. The Balaban J connectivity index is 1.35. The van der Waals surface area contributed by atoms with Crippen LogP contribution in [-0.4, -0.2) is 24.1 Å². The monoisotopic (exact) mass is 675 g/mol. The highest BCUT2D eigenvalue weighted by molar-refractivity contribution is 6.26. The van der Waals surface area contributed by atoms with Crippen LogP contribution in [0.2, 0.25) is 0 Å². The Bertz CT molecular complexity index is 2700. The van der Waals surface area contributed by atoms with Crippen molar-refractivity contribution in [2.24, 2.45) is 0 Å². The SMILES string of the molecule is CC(C)(C)c1ccc(-c2nc(-c3ccc(C(C)(C)C)cc3)nc(-n3c4ccccc4c4c3ccc3c5ccccc5n(-c5ccccc5)c34)n2)cc1. The van der Waals surface area contributed by atoms with Gasteiger partial charge in [-0.05, 0) is 52.3 Å². The fraction of sp³-hybridized carbons (Fsp3) is 0.170.